The van der Waals surface area contributed by atoms with E-state index < -0.39 is 0 Å². The number of rotatable bonds is 5. The number of ether oxygens (including phenoxy) is 1. The van der Waals surface area contributed by atoms with Crippen LogP contribution < -0.4 is 4.74 Å². The molecule has 2 aromatic rings. The van der Waals surface area contributed by atoms with Gasteiger partial charge in [0.05, 0.1) is 0 Å². The van der Waals surface area contributed by atoms with Gasteiger partial charge < -0.3 is 4.74 Å². The Morgan fingerprint density at radius 1 is 1.14 bits per heavy atom. The Morgan fingerprint density at radius 2 is 2.00 bits per heavy atom. The van der Waals surface area contributed by atoms with Gasteiger partial charge in [0.1, 0.15) is 19.3 Å². The number of aromatic nitrogens is 6. The molecule has 3 heterocycles. The van der Waals surface area contributed by atoms with Gasteiger partial charge in [-0.15, -0.1) is 0 Å². The van der Waals surface area contributed by atoms with Crippen LogP contribution in [0.4, 0.5) is 0 Å². The molecule has 112 valence electrons. The lowest BCUT2D eigenvalue weighted by Gasteiger charge is -2.25. The summed E-state index contributed by atoms with van der Waals surface area (Å²) < 4.78 is 6.99. The maximum Gasteiger partial charge on any atom is 0.322 e. The highest BCUT2D eigenvalue weighted by Gasteiger charge is 2.11. The lowest BCUT2D eigenvalue weighted by atomic mass is 10.1. The average Bonchev–Trinajstić information content (AvgIpc) is 3.02. The summed E-state index contributed by atoms with van der Waals surface area (Å²) >= 11 is 5.88. The smallest absolute Gasteiger partial charge is 0.322 e. The van der Waals surface area contributed by atoms with E-state index in [1.165, 1.54) is 36.6 Å². The quantitative estimate of drug-likeness (QED) is 0.814. The van der Waals surface area contributed by atoms with Crippen molar-refractivity contribution in [2.24, 2.45) is 0 Å². The fraction of sp³-hybridized carbons (Fsp3) is 0.583. The van der Waals surface area contributed by atoms with E-state index in [1.54, 1.807) is 0 Å². The summed E-state index contributed by atoms with van der Waals surface area (Å²) in [6.45, 7) is 3.65. The molecular weight excluding hydrogens is 294 g/mol. The maximum absolute atomic E-state index is 5.88. The van der Waals surface area contributed by atoms with Crippen molar-refractivity contribution >= 4 is 11.6 Å². The van der Waals surface area contributed by atoms with Crippen molar-refractivity contribution in [1.82, 2.24) is 34.6 Å². The maximum atomic E-state index is 5.88. The monoisotopic (exact) mass is 309 g/mol. The molecular formula is C12H16ClN7O. The van der Waals surface area contributed by atoms with Gasteiger partial charge in [-0.3, -0.25) is 4.90 Å². The third-order valence-electron chi connectivity index (χ3n) is 3.29. The van der Waals surface area contributed by atoms with Gasteiger partial charge >= 0.3 is 6.01 Å². The minimum Gasteiger partial charge on any atom is -0.462 e. The molecule has 8 nitrogen and oxygen atoms in total. The van der Waals surface area contributed by atoms with Gasteiger partial charge in [0, 0.05) is 6.54 Å². The van der Waals surface area contributed by atoms with E-state index in [4.69, 9.17) is 16.3 Å². The summed E-state index contributed by atoms with van der Waals surface area (Å²) in [6.07, 6.45) is 6.72. The van der Waals surface area contributed by atoms with Crippen molar-refractivity contribution in [3.05, 3.63) is 17.9 Å². The van der Waals surface area contributed by atoms with Gasteiger partial charge in [0.2, 0.25) is 5.28 Å². The third-order valence-corrected chi connectivity index (χ3v) is 3.46. The van der Waals surface area contributed by atoms with E-state index in [0.29, 0.717) is 12.6 Å². The standard InChI is InChI=1S/C12H16ClN7O/c13-10-16-11(20-9-14-8-15-20)18-12(17-10)21-7-6-19-4-2-1-3-5-19/h8-9H,1-7H2. The van der Waals surface area contributed by atoms with E-state index >= 15 is 0 Å². The van der Waals surface area contributed by atoms with Gasteiger partial charge in [-0.05, 0) is 37.5 Å². The first-order chi connectivity index (χ1) is 10.3. The van der Waals surface area contributed by atoms with E-state index in [1.807, 2.05) is 0 Å². The fourth-order valence-corrected chi connectivity index (χ4v) is 2.40. The molecule has 0 N–H and O–H groups in total. The highest BCUT2D eigenvalue weighted by atomic mass is 35.5. The summed E-state index contributed by atoms with van der Waals surface area (Å²) in [4.78, 5) is 18.3. The van der Waals surface area contributed by atoms with Gasteiger partial charge in [0.25, 0.3) is 5.95 Å². The first kappa shape index (κ1) is 14.2. The number of piperidine rings is 1. The van der Waals surface area contributed by atoms with Crippen LogP contribution in [0.25, 0.3) is 5.95 Å². The SMILES string of the molecule is Clc1nc(OCCN2CCCCC2)nc(-n2cncn2)n1. The van der Waals surface area contributed by atoms with E-state index in [2.05, 4.69) is 29.9 Å². The minimum atomic E-state index is 0.0727. The van der Waals surface area contributed by atoms with Crippen LogP contribution in [0.3, 0.4) is 0 Å². The van der Waals surface area contributed by atoms with Crippen molar-refractivity contribution in [1.29, 1.82) is 0 Å². The Labute approximate surface area is 127 Å². The number of hydrogen-bond donors (Lipinski definition) is 0. The summed E-state index contributed by atoms with van der Waals surface area (Å²) in [5.74, 6) is 0.292. The fourth-order valence-electron chi connectivity index (χ4n) is 2.25. The number of hydrogen-bond acceptors (Lipinski definition) is 7. The van der Waals surface area contributed by atoms with E-state index in [0.717, 1.165) is 19.6 Å². The molecule has 1 aliphatic heterocycles. The second-order valence-electron chi connectivity index (χ2n) is 4.78. The zero-order chi connectivity index (χ0) is 14.5. The van der Waals surface area contributed by atoms with E-state index in [-0.39, 0.29) is 11.3 Å². The minimum absolute atomic E-state index is 0.0727. The van der Waals surface area contributed by atoms with Crippen LogP contribution in [0.2, 0.25) is 5.28 Å². The van der Waals surface area contributed by atoms with Crippen LogP contribution >= 0.6 is 11.6 Å². The van der Waals surface area contributed by atoms with Crippen LogP contribution in [0, 0.1) is 0 Å². The Morgan fingerprint density at radius 3 is 2.76 bits per heavy atom. The van der Waals surface area contributed by atoms with Crippen molar-refractivity contribution in [3.8, 4) is 12.0 Å². The molecule has 3 rings (SSSR count). The number of likely N-dealkylation sites (tertiary alicyclic amines) is 1. The predicted octanol–water partition coefficient (Wildman–Crippen LogP) is 0.970. The highest BCUT2D eigenvalue weighted by molar-refractivity contribution is 6.28. The van der Waals surface area contributed by atoms with Crippen LogP contribution in [0.5, 0.6) is 6.01 Å². The van der Waals surface area contributed by atoms with Gasteiger partial charge in [0.15, 0.2) is 0 Å². The molecule has 21 heavy (non-hydrogen) atoms. The Bertz CT molecular complexity index is 571. The van der Waals surface area contributed by atoms with Crippen LogP contribution in [0.15, 0.2) is 12.7 Å². The molecule has 0 amide bonds. The third kappa shape index (κ3) is 3.85. The van der Waals surface area contributed by atoms with Crippen molar-refractivity contribution in [3.63, 3.8) is 0 Å². The summed E-state index contributed by atoms with van der Waals surface area (Å²) in [7, 11) is 0. The molecule has 9 heteroatoms. The van der Waals surface area contributed by atoms with Crippen molar-refractivity contribution in [2.45, 2.75) is 19.3 Å². The van der Waals surface area contributed by atoms with Crippen LogP contribution in [-0.4, -0.2) is 60.9 Å². The molecule has 1 fully saturated rings. The molecule has 1 aliphatic rings. The van der Waals surface area contributed by atoms with E-state index in [9.17, 15) is 0 Å². The summed E-state index contributed by atoms with van der Waals surface area (Å²) in [6, 6.07) is 0.206. The zero-order valence-corrected chi connectivity index (χ0v) is 12.3. The summed E-state index contributed by atoms with van der Waals surface area (Å²) in [5.41, 5.74) is 0. The predicted molar refractivity (Wildman–Crippen MR) is 75.5 cm³/mol. The first-order valence-electron chi connectivity index (χ1n) is 6.93. The molecule has 2 aromatic heterocycles. The Hall–Kier alpha value is -1.80. The second kappa shape index (κ2) is 6.77. The largest absolute Gasteiger partial charge is 0.462 e. The Balaban J connectivity index is 1.60. The molecule has 0 atom stereocenters. The van der Waals surface area contributed by atoms with Crippen molar-refractivity contribution in [2.75, 3.05) is 26.2 Å². The molecule has 0 radical (unpaired) electrons. The normalized spacial score (nSPS) is 16.0. The van der Waals surface area contributed by atoms with Gasteiger partial charge in [-0.25, -0.2) is 4.98 Å². The van der Waals surface area contributed by atoms with Crippen LogP contribution in [-0.2, 0) is 0 Å². The number of nitrogens with zero attached hydrogens (tertiary/aromatic N) is 7. The van der Waals surface area contributed by atoms with Crippen LogP contribution in [0.1, 0.15) is 19.3 Å². The van der Waals surface area contributed by atoms with Gasteiger partial charge in [-0.2, -0.15) is 24.7 Å². The topological polar surface area (TPSA) is 81.9 Å². The van der Waals surface area contributed by atoms with Gasteiger partial charge in [-0.1, -0.05) is 6.42 Å². The molecule has 0 unspecified atom stereocenters. The lowest BCUT2D eigenvalue weighted by Crippen LogP contribution is -2.33. The average molecular weight is 310 g/mol. The van der Waals surface area contributed by atoms with Crippen molar-refractivity contribution < 1.29 is 4.74 Å². The molecule has 0 saturated carbocycles. The zero-order valence-electron chi connectivity index (χ0n) is 11.5. The number of halogens is 1. The second-order valence-corrected chi connectivity index (χ2v) is 5.12. The first-order valence-corrected chi connectivity index (χ1v) is 7.31. The molecule has 1 saturated heterocycles. The summed E-state index contributed by atoms with van der Waals surface area (Å²) in [5, 5.41) is 4.03. The Kier molecular flexibility index (Phi) is 4.56. The molecule has 0 aromatic carbocycles. The highest BCUT2D eigenvalue weighted by Crippen LogP contribution is 2.11. The molecule has 0 spiro atoms. The molecule has 0 bridgehead atoms. The molecule has 0 aliphatic carbocycles. The lowest BCUT2D eigenvalue weighted by molar-refractivity contribution is 0.177.